The first-order chi connectivity index (χ1) is 16.3. The number of fused-ring (bicyclic) bond motifs is 1. The summed E-state index contributed by atoms with van der Waals surface area (Å²) < 4.78 is 32.9. The van der Waals surface area contributed by atoms with E-state index >= 15 is 0 Å². The predicted molar refractivity (Wildman–Crippen MR) is 134 cm³/mol. The molecule has 2 aromatic carbocycles. The van der Waals surface area contributed by atoms with Gasteiger partial charge in [-0.2, -0.15) is 17.8 Å². The molecule has 0 radical (unpaired) electrons. The van der Waals surface area contributed by atoms with Crippen LogP contribution in [-0.2, 0) is 15.7 Å². The van der Waals surface area contributed by atoms with Crippen LogP contribution in [0.1, 0.15) is 41.2 Å². The van der Waals surface area contributed by atoms with Crippen LogP contribution in [0.15, 0.2) is 42.5 Å². The molecule has 1 aliphatic heterocycles. The smallest absolute Gasteiger partial charge is 0.356 e. The number of aromatic carboxylic acids is 1. The highest BCUT2D eigenvalue weighted by atomic mass is 35.5. The molecule has 1 aliphatic rings. The summed E-state index contributed by atoms with van der Waals surface area (Å²) in [6, 6.07) is 11.8. The van der Waals surface area contributed by atoms with Crippen LogP contribution in [0, 0.1) is 0 Å². The maximum absolute atomic E-state index is 12.6. The maximum atomic E-state index is 12.6. The van der Waals surface area contributed by atoms with Gasteiger partial charge in [-0.25, -0.2) is 14.6 Å². The summed E-state index contributed by atoms with van der Waals surface area (Å²) >= 11 is 12.5. The molecule has 0 unspecified atom stereocenters. The van der Waals surface area contributed by atoms with Crippen LogP contribution in [0.4, 0.5) is 0 Å². The highest BCUT2D eigenvalue weighted by molar-refractivity contribution is 7.86. The van der Waals surface area contributed by atoms with Crippen LogP contribution in [0.5, 0.6) is 5.75 Å². The lowest BCUT2D eigenvalue weighted by molar-refractivity contribution is 0.0684. The zero-order valence-corrected chi connectivity index (χ0v) is 21.3. The molecule has 2 heterocycles. The standard InChI is InChI=1S/C23H22Cl2N4O5S/c1-23(2)19-20(22(30)31)27-29(18-9-6-15(24)11-17(18)25)21(19)14(12-28(23)35(26,32)33)10-13-4-7-16(34-3)8-5-13/h4-11H,12H2,1-3H3,(H,30,31)(H2,26,32,33). The molecule has 1 aromatic heterocycles. The fraction of sp³-hybridized carbons (Fsp3) is 0.217. The van der Waals surface area contributed by atoms with Crippen LogP contribution < -0.4 is 9.88 Å². The Morgan fingerprint density at radius 2 is 1.86 bits per heavy atom. The molecular weight excluding hydrogens is 515 g/mol. The summed E-state index contributed by atoms with van der Waals surface area (Å²) in [6.07, 6.45) is 1.75. The molecule has 12 heteroatoms. The van der Waals surface area contributed by atoms with E-state index in [0.29, 0.717) is 27.7 Å². The van der Waals surface area contributed by atoms with Crippen molar-refractivity contribution < 1.29 is 23.1 Å². The number of benzene rings is 2. The molecule has 0 atom stereocenters. The third-order valence-corrected chi connectivity index (χ3v) is 7.58. The molecule has 0 bridgehead atoms. The van der Waals surface area contributed by atoms with Gasteiger partial charge in [-0.15, -0.1) is 0 Å². The Hall–Kier alpha value is -2.89. The average Bonchev–Trinajstić information content (AvgIpc) is 3.17. The fourth-order valence-electron chi connectivity index (χ4n) is 4.25. The highest BCUT2D eigenvalue weighted by Crippen LogP contribution is 2.44. The summed E-state index contributed by atoms with van der Waals surface area (Å²) in [6.45, 7) is 3.05. The Morgan fingerprint density at radius 3 is 2.40 bits per heavy atom. The van der Waals surface area contributed by atoms with Gasteiger partial charge >= 0.3 is 5.97 Å². The number of ether oxygens (including phenoxy) is 1. The van der Waals surface area contributed by atoms with Gasteiger partial charge in [-0.05, 0) is 61.4 Å². The van der Waals surface area contributed by atoms with Crippen LogP contribution in [-0.4, -0.2) is 47.2 Å². The number of carbonyl (C=O) groups is 1. The van der Waals surface area contributed by atoms with E-state index in [1.807, 2.05) is 0 Å². The van der Waals surface area contributed by atoms with Gasteiger partial charge in [-0.1, -0.05) is 35.3 Å². The minimum Gasteiger partial charge on any atom is -0.497 e. The van der Waals surface area contributed by atoms with Crippen molar-refractivity contribution in [1.82, 2.24) is 14.1 Å². The second kappa shape index (κ2) is 8.96. The molecule has 0 fully saturated rings. The second-order valence-corrected chi connectivity index (χ2v) is 10.8. The lowest BCUT2D eigenvalue weighted by atomic mass is 9.84. The Labute approximate surface area is 212 Å². The first kappa shape index (κ1) is 25.2. The van der Waals surface area contributed by atoms with Gasteiger partial charge in [-0.3, -0.25) is 0 Å². The van der Waals surface area contributed by atoms with Crippen molar-refractivity contribution in [1.29, 1.82) is 0 Å². The number of halogens is 2. The molecule has 4 rings (SSSR count). The summed E-state index contributed by atoms with van der Waals surface area (Å²) in [4.78, 5) is 12.3. The largest absolute Gasteiger partial charge is 0.497 e. The monoisotopic (exact) mass is 536 g/mol. The summed E-state index contributed by atoms with van der Waals surface area (Å²) in [5.41, 5.74) is 0.552. The number of nitrogens with two attached hydrogens (primary N) is 1. The van der Waals surface area contributed by atoms with Crippen molar-refractivity contribution in [3.8, 4) is 11.4 Å². The molecule has 0 saturated heterocycles. The lowest BCUT2D eigenvalue weighted by Gasteiger charge is -2.41. The predicted octanol–water partition coefficient (Wildman–Crippen LogP) is 4.18. The topological polar surface area (TPSA) is 128 Å². The highest BCUT2D eigenvalue weighted by Gasteiger charge is 2.47. The summed E-state index contributed by atoms with van der Waals surface area (Å²) in [7, 11) is -2.67. The van der Waals surface area contributed by atoms with E-state index < -0.39 is 21.7 Å². The normalized spacial score (nSPS) is 16.8. The van der Waals surface area contributed by atoms with Gasteiger partial charge in [0, 0.05) is 17.1 Å². The maximum Gasteiger partial charge on any atom is 0.356 e. The van der Waals surface area contributed by atoms with E-state index in [9.17, 15) is 18.3 Å². The zero-order valence-electron chi connectivity index (χ0n) is 19.0. The van der Waals surface area contributed by atoms with Crippen molar-refractivity contribution >= 4 is 51.0 Å². The lowest BCUT2D eigenvalue weighted by Crippen LogP contribution is -2.52. The Morgan fingerprint density at radius 1 is 1.20 bits per heavy atom. The van der Waals surface area contributed by atoms with Gasteiger partial charge in [0.1, 0.15) is 5.75 Å². The third kappa shape index (κ3) is 4.55. The molecule has 0 amide bonds. The number of methoxy groups -OCH3 is 1. The van der Waals surface area contributed by atoms with Crippen molar-refractivity contribution in [3.05, 3.63) is 75.0 Å². The van der Waals surface area contributed by atoms with Gasteiger partial charge in [0.15, 0.2) is 5.69 Å². The van der Waals surface area contributed by atoms with Crippen LogP contribution >= 0.6 is 23.2 Å². The van der Waals surface area contributed by atoms with Crippen molar-refractivity contribution in [3.63, 3.8) is 0 Å². The van der Waals surface area contributed by atoms with E-state index in [1.165, 1.54) is 10.7 Å². The Kier molecular flexibility index (Phi) is 6.45. The summed E-state index contributed by atoms with van der Waals surface area (Å²) in [5.74, 6) is -0.673. The molecule has 3 N–H and O–H groups in total. The number of aromatic nitrogens is 2. The number of hydrogen-bond acceptors (Lipinski definition) is 5. The van der Waals surface area contributed by atoms with Crippen molar-refractivity contribution in [2.45, 2.75) is 19.4 Å². The minimum absolute atomic E-state index is 0.124. The molecule has 0 aliphatic carbocycles. The first-order valence-corrected chi connectivity index (χ1v) is 12.6. The molecule has 3 aromatic rings. The van der Waals surface area contributed by atoms with Crippen LogP contribution in [0.2, 0.25) is 10.0 Å². The average molecular weight is 537 g/mol. The molecule has 0 spiro atoms. The third-order valence-electron chi connectivity index (χ3n) is 5.84. The van der Waals surface area contributed by atoms with Gasteiger partial charge in [0.05, 0.1) is 29.1 Å². The number of carboxylic acids is 1. The van der Waals surface area contributed by atoms with E-state index in [2.05, 4.69) is 5.10 Å². The van der Waals surface area contributed by atoms with Crippen LogP contribution in [0.25, 0.3) is 17.3 Å². The fourth-order valence-corrected chi connectivity index (χ4v) is 5.78. The molecule has 184 valence electrons. The SMILES string of the molecule is COc1ccc(C=C2CN(S(N)(=O)=O)C(C)(C)c3c(C(=O)O)nn(-c4ccc(Cl)cc4Cl)c32)cc1. The summed E-state index contributed by atoms with van der Waals surface area (Å²) in [5, 5.41) is 20.6. The van der Waals surface area contributed by atoms with Crippen molar-refractivity contribution in [2.75, 3.05) is 13.7 Å². The van der Waals surface area contributed by atoms with Gasteiger partial charge < -0.3 is 9.84 Å². The first-order valence-electron chi connectivity index (χ1n) is 10.3. The Balaban J connectivity index is 2.08. The molecule has 0 saturated carbocycles. The molecule has 9 nitrogen and oxygen atoms in total. The second-order valence-electron chi connectivity index (χ2n) is 8.44. The van der Waals surface area contributed by atoms with Crippen molar-refractivity contribution in [2.24, 2.45) is 5.14 Å². The van der Waals surface area contributed by atoms with E-state index in [-0.39, 0.29) is 22.8 Å². The number of carboxylic acid groups (broad SMARTS) is 1. The molecule has 35 heavy (non-hydrogen) atoms. The molecular formula is C23H22Cl2N4O5S. The van der Waals surface area contributed by atoms with E-state index in [1.54, 1.807) is 63.4 Å². The van der Waals surface area contributed by atoms with Gasteiger partial charge in [0.2, 0.25) is 0 Å². The number of hydrogen-bond donors (Lipinski definition) is 2. The van der Waals surface area contributed by atoms with Crippen LogP contribution in [0.3, 0.4) is 0 Å². The van der Waals surface area contributed by atoms with E-state index in [0.717, 1.165) is 9.87 Å². The van der Waals surface area contributed by atoms with Gasteiger partial charge in [0.25, 0.3) is 10.2 Å². The Bertz CT molecular complexity index is 1460. The zero-order chi connectivity index (χ0) is 25.7. The number of nitrogens with zero attached hydrogens (tertiary/aromatic N) is 3. The quantitative estimate of drug-likeness (QED) is 0.503. The van der Waals surface area contributed by atoms with E-state index in [4.69, 9.17) is 33.1 Å². The number of rotatable bonds is 5. The minimum atomic E-state index is -4.22.